The average molecular weight is 1070 g/mol. The summed E-state index contributed by atoms with van der Waals surface area (Å²) in [6.07, 6.45) is -48.6. The van der Waals surface area contributed by atoms with Gasteiger partial charge in [-0.3, -0.25) is 0 Å². The summed E-state index contributed by atoms with van der Waals surface area (Å²) in [7, 11) is 0. The second-order valence-corrected chi connectivity index (χ2v) is 13.2. The Balaban J connectivity index is 7.70. The van der Waals surface area contributed by atoms with E-state index < -0.39 is 151 Å². The van der Waals surface area contributed by atoms with Gasteiger partial charge < -0.3 is 5.11 Å². The van der Waals surface area contributed by atoms with Gasteiger partial charge in [0.05, 0.1) is 5.60 Å². The van der Waals surface area contributed by atoms with Gasteiger partial charge >= 0.3 is 107 Å². The molecule has 0 saturated carbocycles. The summed E-state index contributed by atoms with van der Waals surface area (Å²) in [4.78, 5) is 0. The molecule has 0 aliphatic rings. The van der Waals surface area contributed by atoms with E-state index in [1.807, 2.05) is 0 Å². The predicted molar refractivity (Wildman–Crippen MR) is 125 cm³/mol. The van der Waals surface area contributed by atoms with Crippen molar-refractivity contribution in [2.75, 3.05) is 0 Å². The summed E-state index contributed by atoms with van der Waals surface area (Å²) in [5.74, 6) is -128. The van der Waals surface area contributed by atoms with E-state index in [0.717, 1.165) is 0 Å². The van der Waals surface area contributed by atoms with Crippen LogP contribution in [0.4, 0.5) is 171 Å². The molecule has 0 aromatic heterocycles. The lowest BCUT2D eigenvalue weighted by atomic mass is 9.80. The summed E-state index contributed by atoms with van der Waals surface area (Å²) < 4.78 is 523. The van der Waals surface area contributed by atoms with E-state index in [2.05, 4.69) is 0 Å². The molecule has 0 aromatic carbocycles. The highest BCUT2D eigenvalue weighted by molar-refractivity contribution is 5.13. The third kappa shape index (κ3) is 9.15. The van der Waals surface area contributed by atoms with E-state index >= 15 is 0 Å². The van der Waals surface area contributed by atoms with Gasteiger partial charge in [0.1, 0.15) is 0 Å². The molecule has 40 heteroatoms. The third-order valence-electron chi connectivity index (χ3n) is 8.71. The van der Waals surface area contributed by atoms with Gasteiger partial charge in [-0.05, 0) is 19.3 Å². The van der Waals surface area contributed by atoms with Crippen molar-refractivity contribution in [3.8, 4) is 0 Å². The van der Waals surface area contributed by atoms with Gasteiger partial charge in [-0.2, -0.15) is 171 Å². The standard InChI is InChI=1S/C25H13F39O/c26-8(27,11(32,33)14(38,39)17(44,45)20(50,51)23(56,57)58)4-1-7(65,2-5-9(28,29)12(34,35)15(40,41)18(46,47)21(52,53)24(59,60)61)3-6-10(30,31)13(36,37)16(42,43)19(48,49)22(54,55)25(62,63)64/h65H,1-6H2. The fourth-order valence-electron chi connectivity index (χ4n) is 4.42. The van der Waals surface area contributed by atoms with Gasteiger partial charge in [0.25, 0.3) is 0 Å². The first-order valence-electron chi connectivity index (χ1n) is 15.0. The van der Waals surface area contributed by atoms with Crippen molar-refractivity contribution in [2.45, 2.75) is 151 Å². The Bertz CT molecular complexity index is 1450. The minimum atomic E-state index is -8.92. The zero-order valence-electron chi connectivity index (χ0n) is 28.9. The number of hydrogen-bond acceptors (Lipinski definition) is 1. The van der Waals surface area contributed by atoms with E-state index in [-0.39, 0.29) is 0 Å². The second kappa shape index (κ2) is 16.2. The summed E-state index contributed by atoms with van der Waals surface area (Å²) in [5, 5.41) is 10.1. The fraction of sp³-hybridized carbons (Fsp3) is 1.00. The second-order valence-electron chi connectivity index (χ2n) is 13.2. The maximum absolute atomic E-state index is 14.3. The molecule has 1 N–H and O–H groups in total. The molecule has 0 unspecified atom stereocenters. The Labute approximate surface area is 329 Å². The van der Waals surface area contributed by atoms with E-state index in [9.17, 15) is 176 Å². The summed E-state index contributed by atoms with van der Waals surface area (Å²) in [5.41, 5.74) is -5.52. The quantitative estimate of drug-likeness (QED) is 0.114. The molecule has 0 fully saturated rings. The molecule has 0 aliphatic carbocycles. The minimum absolute atomic E-state index is 3.77. The Morgan fingerprint density at radius 2 is 0.292 bits per heavy atom. The number of alkyl halides is 39. The lowest BCUT2D eigenvalue weighted by molar-refractivity contribution is -0.441. The smallest absolute Gasteiger partial charge is 0.390 e. The van der Waals surface area contributed by atoms with Crippen molar-refractivity contribution in [1.82, 2.24) is 0 Å². The molecule has 0 amide bonds. The van der Waals surface area contributed by atoms with Crippen molar-refractivity contribution in [1.29, 1.82) is 0 Å². The molecule has 0 rings (SSSR count). The molecular formula is C25H13F39O. The zero-order chi connectivity index (χ0) is 53.7. The van der Waals surface area contributed by atoms with Crippen LogP contribution < -0.4 is 0 Å². The van der Waals surface area contributed by atoms with Crippen molar-refractivity contribution in [3.63, 3.8) is 0 Å². The SMILES string of the molecule is OC(CCC(F)(F)C(F)(F)C(F)(F)C(F)(F)C(F)(F)C(F)(F)F)(CCC(F)(F)C(F)(F)C(F)(F)C(F)(F)C(F)(F)C(F)(F)F)CCC(F)(F)C(F)(F)C(F)(F)C(F)(F)C(F)(F)C(F)(F)F. The Morgan fingerprint density at radius 3 is 0.415 bits per heavy atom. The van der Waals surface area contributed by atoms with Crippen molar-refractivity contribution >= 4 is 0 Å². The molecule has 0 saturated heterocycles. The summed E-state index contributed by atoms with van der Waals surface area (Å²) in [6.45, 7) is 0. The first kappa shape index (κ1) is 62.2. The van der Waals surface area contributed by atoms with Gasteiger partial charge in [-0.1, -0.05) is 0 Å². The molecule has 0 bridgehead atoms. The fourth-order valence-corrected chi connectivity index (χ4v) is 4.42. The topological polar surface area (TPSA) is 20.2 Å². The van der Waals surface area contributed by atoms with Gasteiger partial charge in [0.15, 0.2) is 0 Å². The third-order valence-corrected chi connectivity index (χ3v) is 8.71. The molecule has 1 nitrogen and oxygen atoms in total. The minimum Gasteiger partial charge on any atom is -0.390 e. The van der Waals surface area contributed by atoms with Crippen LogP contribution in [0.25, 0.3) is 0 Å². The van der Waals surface area contributed by atoms with Crippen LogP contribution in [0.2, 0.25) is 0 Å². The molecule has 392 valence electrons. The molecule has 0 heterocycles. The largest absolute Gasteiger partial charge is 0.460 e. The van der Waals surface area contributed by atoms with E-state index in [4.69, 9.17) is 0 Å². The van der Waals surface area contributed by atoms with E-state index in [0.29, 0.717) is 0 Å². The molecule has 0 aromatic rings. The summed E-state index contributed by atoms with van der Waals surface area (Å²) in [6, 6.07) is 0. The monoisotopic (exact) mass is 1070 g/mol. The van der Waals surface area contributed by atoms with Crippen molar-refractivity contribution in [3.05, 3.63) is 0 Å². The van der Waals surface area contributed by atoms with Crippen LogP contribution in [0.15, 0.2) is 0 Å². The Kier molecular flexibility index (Phi) is 15.5. The van der Waals surface area contributed by atoms with Crippen LogP contribution in [-0.2, 0) is 0 Å². The lowest BCUT2D eigenvalue weighted by Crippen LogP contribution is -2.70. The molecular weight excluding hydrogens is 1060 g/mol. The van der Waals surface area contributed by atoms with Gasteiger partial charge in [0, 0.05) is 19.3 Å². The first-order chi connectivity index (χ1) is 27.4. The molecule has 65 heavy (non-hydrogen) atoms. The molecule has 0 aliphatic heterocycles. The highest BCUT2D eigenvalue weighted by Crippen LogP contribution is 2.65. The lowest BCUT2D eigenvalue weighted by Gasteiger charge is -2.42. The number of halogens is 39. The number of rotatable bonds is 21. The van der Waals surface area contributed by atoms with Crippen molar-refractivity contribution < 1.29 is 176 Å². The van der Waals surface area contributed by atoms with Crippen LogP contribution in [0.1, 0.15) is 38.5 Å². The van der Waals surface area contributed by atoms with Crippen LogP contribution in [0.5, 0.6) is 0 Å². The number of aliphatic hydroxyl groups is 1. The highest BCUT2D eigenvalue weighted by atomic mass is 19.5. The predicted octanol–water partition coefficient (Wildman–Crippen LogP) is 14.3. The van der Waals surface area contributed by atoms with Crippen LogP contribution in [0.3, 0.4) is 0 Å². The average Bonchev–Trinajstić information content (AvgIpc) is 3.06. The van der Waals surface area contributed by atoms with E-state index in [1.165, 1.54) is 0 Å². The van der Waals surface area contributed by atoms with Gasteiger partial charge in [0.2, 0.25) is 0 Å². The Morgan fingerprint density at radius 1 is 0.169 bits per heavy atom. The van der Waals surface area contributed by atoms with Crippen LogP contribution in [-0.4, -0.2) is 118 Å². The molecule has 0 radical (unpaired) electrons. The van der Waals surface area contributed by atoms with E-state index in [1.54, 1.807) is 0 Å². The van der Waals surface area contributed by atoms with Gasteiger partial charge in [-0.15, -0.1) is 0 Å². The maximum Gasteiger partial charge on any atom is 0.460 e. The molecule has 0 spiro atoms. The Hall–Kier alpha value is -2.77. The zero-order valence-corrected chi connectivity index (χ0v) is 28.9. The summed E-state index contributed by atoms with van der Waals surface area (Å²) >= 11 is 0. The van der Waals surface area contributed by atoms with Crippen molar-refractivity contribution in [2.24, 2.45) is 0 Å². The van der Waals surface area contributed by atoms with Gasteiger partial charge in [-0.25, -0.2) is 0 Å². The normalized spacial score (nSPS) is 17.0. The van der Waals surface area contributed by atoms with Crippen LogP contribution in [0, 0.1) is 0 Å². The molecule has 0 atom stereocenters. The van der Waals surface area contributed by atoms with Crippen LogP contribution >= 0.6 is 0 Å². The highest BCUT2D eigenvalue weighted by Gasteiger charge is 2.93. The number of hydrogen-bond donors (Lipinski definition) is 1. The maximum atomic E-state index is 14.3. The first-order valence-corrected chi connectivity index (χ1v) is 15.0.